The van der Waals surface area contributed by atoms with E-state index in [0.717, 1.165) is 38.3 Å². The molecule has 108 valence electrons. The van der Waals surface area contributed by atoms with Crippen molar-refractivity contribution in [2.24, 2.45) is 0 Å². The van der Waals surface area contributed by atoms with Gasteiger partial charge in [0.15, 0.2) is 0 Å². The Morgan fingerprint density at radius 1 is 1.30 bits per heavy atom. The molecule has 1 saturated heterocycles. The van der Waals surface area contributed by atoms with E-state index >= 15 is 0 Å². The van der Waals surface area contributed by atoms with Gasteiger partial charge < -0.3 is 9.64 Å². The average molecular weight is 273 g/mol. The Bertz CT molecular complexity index is 461. The molecule has 20 heavy (non-hydrogen) atoms. The van der Waals surface area contributed by atoms with Crippen molar-refractivity contribution in [3.05, 3.63) is 24.3 Å². The van der Waals surface area contributed by atoms with E-state index in [9.17, 15) is 0 Å². The van der Waals surface area contributed by atoms with Gasteiger partial charge in [0.05, 0.1) is 19.6 Å². The summed E-state index contributed by atoms with van der Waals surface area (Å²) in [6, 6.07) is 10.9. The number of anilines is 1. The molecule has 4 nitrogen and oxygen atoms in total. The zero-order chi connectivity index (χ0) is 14.4. The molecule has 0 spiro atoms. The second-order valence-electron chi connectivity index (χ2n) is 5.15. The molecule has 2 rings (SSSR count). The monoisotopic (exact) mass is 273 g/mol. The van der Waals surface area contributed by atoms with Crippen molar-refractivity contribution in [3.8, 4) is 11.8 Å². The Kier molecular flexibility index (Phi) is 5.25. The highest BCUT2D eigenvalue weighted by Gasteiger charge is 2.22. The van der Waals surface area contributed by atoms with Gasteiger partial charge in [0.1, 0.15) is 5.75 Å². The Labute approximate surface area is 121 Å². The van der Waals surface area contributed by atoms with Crippen LogP contribution >= 0.6 is 0 Å². The van der Waals surface area contributed by atoms with Gasteiger partial charge in [-0.15, -0.1) is 0 Å². The molecule has 4 heteroatoms. The first kappa shape index (κ1) is 14.7. The fraction of sp³-hybridized carbons (Fsp3) is 0.562. The van der Waals surface area contributed by atoms with E-state index in [4.69, 9.17) is 10.00 Å². The highest BCUT2D eigenvalue weighted by molar-refractivity contribution is 5.51. The van der Waals surface area contributed by atoms with E-state index in [1.807, 2.05) is 12.1 Å². The lowest BCUT2D eigenvalue weighted by molar-refractivity contribution is 0.182. The SMILES string of the molecule is CCC(CC#N)N1CCN(c2cccc(OC)c2)CC1. The molecule has 1 aromatic carbocycles. The largest absolute Gasteiger partial charge is 0.497 e. The lowest BCUT2D eigenvalue weighted by Crippen LogP contribution is -2.50. The molecule has 0 amide bonds. The second kappa shape index (κ2) is 7.16. The number of hydrogen-bond acceptors (Lipinski definition) is 4. The van der Waals surface area contributed by atoms with Gasteiger partial charge in [-0.25, -0.2) is 0 Å². The van der Waals surface area contributed by atoms with Crippen LogP contribution in [-0.4, -0.2) is 44.2 Å². The van der Waals surface area contributed by atoms with E-state index < -0.39 is 0 Å². The van der Waals surface area contributed by atoms with E-state index in [1.165, 1.54) is 5.69 Å². The van der Waals surface area contributed by atoms with E-state index in [1.54, 1.807) is 7.11 Å². The van der Waals surface area contributed by atoms with Crippen LogP contribution in [0, 0.1) is 11.3 Å². The van der Waals surface area contributed by atoms with Crippen molar-refractivity contribution in [3.63, 3.8) is 0 Å². The van der Waals surface area contributed by atoms with Gasteiger partial charge in [0.25, 0.3) is 0 Å². The normalized spacial score (nSPS) is 17.6. The van der Waals surface area contributed by atoms with Crippen molar-refractivity contribution >= 4 is 5.69 Å². The third-order valence-corrected chi connectivity index (χ3v) is 4.05. The Balaban J connectivity index is 1.95. The van der Waals surface area contributed by atoms with Gasteiger partial charge in [-0.1, -0.05) is 13.0 Å². The zero-order valence-electron chi connectivity index (χ0n) is 12.4. The number of piperazine rings is 1. The van der Waals surface area contributed by atoms with Gasteiger partial charge in [0, 0.05) is 44.0 Å². The van der Waals surface area contributed by atoms with E-state index in [-0.39, 0.29) is 0 Å². The molecule has 0 aromatic heterocycles. The van der Waals surface area contributed by atoms with Crippen molar-refractivity contribution in [1.82, 2.24) is 4.90 Å². The highest BCUT2D eigenvalue weighted by Crippen LogP contribution is 2.23. The van der Waals surface area contributed by atoms with Gasteiger partial charge >= 0.3 is 0 Å². The summed E-state index contributed by atoms with van der Waals surface area (Å²) in [6.45, 7) is 6.23. The molecule has 0 radical (unpaired) electrons. The van der Waals surface area contributed by atoms with Crippen LogP contribution < -0.4 is 9.64 Å². The van der Waals surface area contributed by atoms with Gasteiger partial charge in [-0.05, 0) is 18.6 Å². The van der Waals surface area contributed by atoms with Crippen molar-refractivity contribution in [2.45, 2.75) is 25.8 Å². The first-order valence-corrected chi connectivity index (χ1v) is 7.28. The Morgan fingerprint density at radius 2 is 2.05 bits per heavy atom. The predicted molar refractivity (Wildman–Crippen MR) is 81.1 cm³/mol. The third-order valence-electron chi connectivity index (χ3n) is 4.05. The first-order valence-electron chi connectivity index (χ1n) is 7.28. The Morgan fingerprint density at radius 3 is 2.65 bits per heavy atom. The maximum atomic E-state index is 8.89. The van der Waals surface area contributed by atoms with Crippen molar-refractivity contribution < 1.29 is 4.74 Å². The molecule has 1 aliphatic heterocycles. The quantitative estimate of drug-likeness (QED) is 0.826. The minimum Gasteiger partial charge on any atom is -0.497 e. The number of nitriles is 1. The van der Waals surface area contributed by atoms with Crippen LogP contribution in [0.2, 0.25) is 0 Å². The van der Waals surface area contributed by atoms with Crippen LogP contribution in [0.15, 0.2) is 24.3 Å². The summed E-state index contributed by atoms with van der Waals surface area (Å²) in [7, 11) is 1.70. The molecule has 1 atom stereocenters. The number of benzene rings is 1. The minimum atomic E-state index is 0.410. The molecule has 1 fully saturated rings. The zero-order valence-corrected chi connectivity index (χ0v) is 12.4. The standard InChI is InChI=1S/C16H23N3O/c1-3-14(7-8-17)18-9-11-19(12-10-18)15-5-4-6-16(13-15)20-2/h4-6,13-14H,3,7,9-12H2,1-2H3. The van der Waals surface area contributed by atoms with E-state index in [0.29, 0.717) is 12.5 Å². The van der Waals surface area contributed by atoms with Crippen LogP contribution in [0.4, 0.5) is 5.69 Å². The summed E-state index contributed by atoms with van der Waals surface area (Å²) in [4.78, 5) is 4.83. The van der Waals surface area contributed by atoms with Crippen LogP contribution in [0.1, 0.15) is 19.8 Å². The number of rotatable bonds is 5. The number of nitrogens with zero attached hydrogens (tertiary/aromatic N) is 3. The van der Waals surface area contributed by atoms with Crippen molar-refractivity contribution in [1.29, 1.82) is 5.26 Å². The summed E-state index contributed by atoms with van der Waals surface area (Å²) in [5.41, 5.74) is 1.22. The predicted octanol–water partition coefficient (Wildman–Crippen LogP) is 2.51. The maximum absolute atomic E-state index is 8.89. The highest BCUT2D eigenvalue weighted by atomic mass is 16.5. The smallest absolute Gasteiger partial charge is 0.120 e. The molecule has 1 aromatic rings. The molecule has 0 bridgehead atoms. The van der Waals surface area contributed by atoms with Gasteiger partial charge in [-0.2, -0.15) is 5.26 Å². The lowest BCUT2D eigenvalue weighted by Gasteiger charge is -2.39. The molecular formula is C16H23N3O. The second-order valence-corrected chi connectivity index (χ2v) is 5.15. The van der Waals surface area contributed by atoms with Crippen LogP contribution in [-0.2, 0) is 0 Å². The first-order chi connectivity index (χ1) is 9.78. The molecule has 0 N–H and O–H groups in total. The topological polar surface area (TPSA) is 39.5 Å². The number of methoxy groups -OCH3 is 1. The van der Waals surface area contributed by atoms with Crippen LogP contribution in [0.25, 0.3) is 0 Å². The molecule has 1 aliphatic rings. The molecule has 1 heterocycles. The fourth-order valence-corrected chi connectivity index (χ4v) is 2.79. The van der Waals surface area contributed by atoms with E-state index in [2.05, 4.69) is 34.9 Å². The minimum absolute atomic E-state index is 0.410. The summed E-state index contributed by atoms with van der Waals surface area (Å²) >= 11 is 0. The number of ether oxygens (including phenoxy) is 1. The fourth-order valence-electron chi connectivity index (χ4n) is 2.79. The third kappa shape index (κ3) is 3.43. The summed E-state index contributed by atoms with van der Waals surface area (Å²) < 4.78 is 5.28. The van der Waals surface area contributed by atoms with Crippen LogP contribution in [0.3, 0.4) is 0 Å². The molecule has 0 aliphatic carbocycles. The van der Waals surface area contributed by atoms with Crippen LogP contribution in [0.5, 0.6) is 5.75 Å². The van der Waals surface area contributed by atoms with Gasteiger partial charge in [0.2, 0.25) is 0 Å². The maximum Gasteiger partial charge on any atom is 0.120 e. The average Bonchev–Trinajstić information content (AvgIpc) is 2.53. The molecule has 1 unspecified atom stereocenters. The number of hydrogen-bond donors (Lipinski definition) is 0. The summed E-state index contributed by atoms with van der Waals surface area (Å²) in [5.74, 6) is 0.904. The van der Waals surface area contributed by atoms with Crippen molar-refractivity contribution in [2.75, 3.05) is 38.2 Å². The summed E-state index contributed by atoms with van der Waals surface area (Å²) in [6.07, 6.45) is 1.68. The Hall–Kier alpha value is -1.73. The van der Waals surface area contributed by atoms with Gasteiger partial charge in [-0.3, -0.25) is 4.90 Å². The molecule has 0 saturated carbocycles. The lowest BCUT2D eigenvalue weighted by atomic mass is 10.1. The molecular weight excluding hydrogens is 250 g/mol. The summed E-state index contributed by atoms with van der Waals surface area (Å²) in [5, 5.41) is 8.89.